The van der Waals surface area contributed by atoms with Gasteiger partial charge in [0.05, 0.1) is 0 Å². The first-order valence-electron chi connectivity index (χ1n) is 7.69. The van der Waals surface area contributed by atoms with Crippen molar-refractivity contribution in [2.24, 2.45) is 0 Å². The van der Waals surface area contributed by atoms with Gasteiger partial charge in [-0.15, -0.1) is 0 Å². The second-order valence-corrected chi connectivity index (χ2v) is 5.38. The van der Waals surface area contributed by atoms with E-state index in [9.17, 15) is 14.4 Å². The fourth-order valence-electron chi connectivity index (χ4n) is 2.41. The number of benzene rings is 1. The van der Waals surface area contributed by atoms with Crippen molar-refractivity contribution in [2.45, 2.75) is 13.3 Å². The molecule has 124 valence electrons. The number of urea groups is 1. The van der Waals surface area contributed by atoms with E-state index in [2.05, 4.69) is 10.6 Å². The highest BCUT2D eigenvalue weighted by atomic mass is 16.2. The highest BCUT2D eigenvalue weighted by molar-refractivity contribution is 5.89. The normalized spacial score (nSPS) is 14.3. The van der Waals surface area contributed by atoms with E-state index in [1.54, 1.807) is 21.9 Å². The van der Waals surface area contributed by atoms with E-state index < -0.39 is 0 Å². The van der Waals surface area contributed by atoms with Gasteiger partial charge in [0.2, 0.25) is 11.8 Å². The van der Waals surface area contributed by atoms with Crippen LogP contribution < -0.4 is 10.6 Å². The fourth-order valence-corrected chi connectivity index (χ4v) is 2.41. The molecule has 1 aromatic carbocycles. The van der Waals surface area contributed by atoms with Crippen molar-refractivity contribution >= 4 is 23.5 Å². The summed E-state index contributed by atoms with van der Waals surface area (Å²) in [4.78, 5) is 38.5. The standard InChI is InChI=1S/C16H22N4O3/c1-13(21)19-9-11-20(12-10-19)15(22)7-8-17-16(23)18-14-5-3-2-4-6-14/h2-6H,7-12H2,1H3,(H2,17,18,23). The van der Waals surface area contributed by atoms with Crippen molar-refractivity contribution in [1.29, 1.82) is 0 Å². The average molecular weight is 318 g/mol. The fraction of sp³-hybridized carbons (Fsp3) is 0.438. The minimum absolute atomic E-state index is 0.00628. The summed E-state index contributed by atoms with van der Waals surface area (Å²) in [5.41, 5.74) is 0.705. The van der Waals surface area contributed by atoms with Crippen LogP contribution in [0.2, 0.25) is 0 Å². The molecule has 0 saturated carbocycles. The van der Waals surface area contributed by atoms with Crippen LogP contribution in [-0.2, 0) is 9.59 Å². The molecule has 0 aromatic heterocycles. The zero-order valence-electron chi connectivity index (χ0n) is 13.2. The average Bonchev–Trinajstić information content (AvgIpc) is 2.55. The van der Waals surface area contributed by atoms with Gasteiger partial charge in [-0.05, 0) is 12.1 Å². The highest BCUT2D eigenvalue weighted by Gasteiger charge is 2.21. The number of amides is 4. The molecule has 2 N–H and O–H groups in total. The van der Waals surface area contributed by atoms with Crippen LogP contribution in [0.4, 0.5) is 10.5 Å². The van der Waals surface area contributed by atoms with Crippen LogP contribution in [-0.4, -0.2) is 60.4 Å². The van der Waals surface area contributed by atoms with Gasteiger partial charge < -0.3 is 20.4 Å². The lowest BCUT2D eigenvalue weighted by Crippen LogP contribution is -2.50. The van der Waals surface area contributed by atoms with Crippen molar-refractivity contribution in [3.8, 4) is 0 Å². The number of nitrogens with one attached hydrogen (secondary N) is 2. The predicted molar refractivity (Wildman–Crippen MR) is 86.9 cm³/mol. The molecule has 1 aromatic rings. The minimum atomic E-state index is -0.328. The maximum Gasteiger partial charge on any atom is 0.319 e. The highest BCUT2D eigenvalue weighted by Crippen LogP contribution is 2.05. The number of hydrogen-bond donors (Lipinski definition) is 2. The molecule has 7 heteroatoms. The van der Waals surface area contributed by atoms with E-state index in [0.29, 0.717) is 31.9 Å². The summed E-state index contributed by atoms with van der Waals surface area (Å²) in [7, 11) is 0. The third-order valence-electron chi connectivity index (χ3n) is 3.73. The number of hydrogen-bond acceptors (Lipinski definition) is 3. The Balaban J connectivity index is 1.65. The Morgan fingerprint density at radius 1 is 1.00 bits per heavy atom. The van der Waals surface area contributed by atoms with Gasteiger partial charge >= 0.3 is 6.03 Å². The number of anilines is 1. The van der Waals surface area contributed by atoms with Crippen LogP contribution in [0.3, 0.4) is 0 Å². The van der Waals surface area contributed by atoms with E-state index >= 15 is 0 Å². The second-order valence-electron chi connectivity index (χ2n) is 5.38. The monoisotopic (exact) mass is 318 g/mol. The zero-order valence-corrected chi connectivity index (χ0v) is 13.2. The number of nitrogens with zero attached hydrogens (tertiary/aromatic N) is 2. The molecule has 1 saturated heterocycles. The summed E-state index contributed by atoms with van der Waals surface area (Å²) in [5, 5.41) is 5.36. The van der Waals surface area contributed by atoms with Crippen LogP contribution in [0.1, 0.15) is 13.3 Å². The third kappa shape index (κ3) is 5.28. The molecule has 0 aliphatic carbocycles. The Hall–Kier alpha value is -2.57. The zero-order chi connectivity index (χ0) is 16.7. The van der Waals surface area contributed by atoms with Crippen LogP contribution in [0.15, 0.2) is 30.3 Å². The number of para-hydroxylation sites is 1. The van der Waals surface area contributed by atoms with Crippen molar-refractivity contribution in [3.63, 3.8) is 0 Å². The number of piperazine rings is 1. The Labute approximate surface area is 135 Å². The summed E-state index contributed by atoms with van der Waals surface area (Å²) in [6.07, 6.45) is 0.252. The molecule has 1 fully saturated rings. The summed E-state index contributed by atoms with van der Waals surface area (Å²) >= 11 is 0. The predicted octanol–water partition coefficient (Wildman–Crippen LogP) is 0.889. The molecule has 1 aliphatic rings. The molecule has 0 radical (unpaired) electrons. The number of rotatable bonds is 4. The Morgan fingerprint density at radius 2 is 1.61 bits per heavy atom. The molecule has 1 aliphatic heterocycles. The molecule has 7 nitrogen and oxygen atoms in total. The summed E-state index contributed by atoms with van der Waals surface area (Å²) < 4.78 is 0. The van der Waals surface area contributed by atoms with Gasteiger partial charge in [-0.1, -0.05) is 18.2 Å². The lowest BCUT2D eigenvalue weighted by molar-refractivity contribution is -0.138. The van der Waals surface area contributed by atoms with E-state index in [-0.39, 0.29) is 30.8 Å². The van der Waals surface area contributed by atoms with E-state index in [4.69, 9.17) is 0 Å². The van der Waals surface area contributed by atoms with Crippen molar-refractivity contribution in [1.82, 2.24) is 15.1 Å². The molecular weight excluding hydrogens is 296 g/mol. The van der Waals surface area contributed by atoms with Gasteiger partial charge in [-0.3, -0.25) is 9.59 Å². The molecular formula is C16H22N4O3. The first kappa shape index (κ1) is 16.8. The van der Waals surface area contributed by atoms with Crippen LogP contribution in [0.25, 0.3) is 0 Å². The van der Waals surface area contributed by atoms with Gasteiger partial charge in [-0.2, -0.15) is 0 Å². The first-order valence-corrected chi connectivity index (χ1v) is 7.69. The van der Waals surface area contributed by atoms with Gasteiger partial charge in [0.15, 0.2) is 0 Å². The number of carbonyl (C=O) groups excluding carboxylic acids is 3. The summed E-state index contributed by atoms with van der Waals surface area (Å²) in [6.45, 7) is 4.06. The molecule has 4 amide bonds. The topological polar surface area (TPSA) is 81.8 Å². The molecule has 1 heterocycles. The lowest BCUT2D eigenvalue weighted by Gasteiger charge is -2.34. The van der Waals surface area contributed by atoms with Gasteiger partial charge in [0, 0.05) is 51.8 Å². The molecule has 23 heavy (non-hydrogen) atoms. The van der Waals surface area contributed by atoms with Crippen molar-refractivity contribution < 1.29 is 14.4 Å². The van der Waals surface area contributed by atoms with E-state index in [1.165, 1.54) is 6.92 Å². The maximum atomic E-state index is 12.1. The second kappa shape index (κ2) is 8.17. The summed E-state index contributed by atoms with van der Waals surface area (Å²) in [5.74, 6) is 0.0320. The molecule has 0 bridgehead atoms. The Bertz CT molecular complexity index is 554. The van der Waals surface area contributed by atoms with Crippen molar-refractivity contribution in [3.05, 3.63) is 30.3 Å². The Morgan fingerprint density at radius 3 is 2.22 bits per heavy atom. The summed E-state index contributed by atoms with van der Waals surface area (Å²) in [6, 6.07) is 8.79. The van der Waals surface area contributed by atoms with E-state index in [1.807, 2.05) is 18.2 Å². The van der Waals surface area contributed by atoms with Crippen LogP contribution >= 0.6 is 0 Å². The Kier molecular flexibility index (Phi) is 5.96. The van der Waals surface area contributed by atoms with Crippen LogP contribution in [0, 0.1) is 0 Å². The van der Waals surface area contributed by atoms with Crippen LogP contribution in [0.5, 0.6) is 0 Å². The lowest BCUT2D eigenvalue weighted by atomic mass is 10.2. The largest absolute Gasteiger partial charge is 0.339 e. The van der Waals surface area contributed by atoms with E-state index in [0.717, 1.165) is 0 Å². The van der Waals surface area contributed by atoms with Gasteiger partial charge in [-0.25, -0.2) is 4.79 Å². The smallest absolute Gasteiger partial charge is 0.319 e. The minimum Gasteiger partial charge on any atom is -0.339 e. The van der Waals surface area contributed by atoms with Crippen molar-refractivity contribution in [2.75, 3.05) is 38.0 Å². The number of carbonyl (C=O) groups is 3. The SMILES string of the molecule is CC(=O)N1CCN(C(=O)CCNC(=O)Nc2ccccc2)CC1. The van der Waals surface area contributed by atoms with Gasteiger partial charge in [0.1, 0.15) is 0 Å². The van der Waals surface area contributed by atoms with Gasteiger partial charge in [0.25, 0.3) is 0 Å². The molecule has 2 rings (SSSR count). The first-order chi connectivity index (χ1) is 11.1. The molecule has 0 spiro atoms. The third-order valence-corrected chi connectivity index (χ3v) is 3.73. The maximum absolute atomic E-state index is 12.1. The quantitative estimate of drug-likeness (QED) is 0.865. The molecule has 0 atom stereocenters. The molecule has 0 unspecified atom stereocenters.